The maximum absolute atomic E-state index is 10.9. The van der Waals surface area contributed by atoms with E-state index in [0.29, 0.717) is 17.9 Å². The molecule has 0 aromatic heterocycles. The van der Waals surface area contributed by atoms with Crippen LogP contribution in [0.15, 0.2) is 12.2 Å². The molecule has 2 N–H and O–H groups in total. The second-order valence-electron chi connectivity index (χ2n) is 7.95. The van der Waals surface area contributed by atoms with Gasteiger partial charge in [-0.3, -0.25) is 0 Å². The van der Waals surface area contributed by atoms with E-state index >= 15 is 0 Å². The summed E-state index contributed by atoms with van der Waals surface area (Å²) in [5.74, 6) is -0.237. The summed E-state index contributed by atoms with van der Waals surface area (Å²) in [6.07, 6.45) is 7.81. The van der Waals surface area contributed by atoms with Crippen LogP contribution in [0.25, 0.3) is 0 Å². The standard InChI is InChI=1S/C16H24O3/c1-11(13(17)18)3-4-15-6-12-5-14(2,8-15)9-16(19,7-12)10-15/h12,19H,1,3-10H2,2H3,(H,17,18). The largest absolute Gasteiger partial charge is 0.478 e. The maximum Gasteiger partial charge on any atom is 0.330 e. The quantitative estimate of drug-likeness (QED) is 0.767. The minimum atomic E-state index is -0.880. The SMILES string of the molecule is C=C(CCC12CC3CC(C)(CC(O)(C3)C1)C2)C(=O)O. The normalized spacial score (nSPS) is 47.4. The third-order valence-electron chi connectivity index (χ3n) is 5.69. The number of aliphatic hydroxyl groups is 1. The highest BCUT2D eigenvalue weighted by atomic mass is 16.4. The van der Waals surface area contributed by atoms with Gasteiger partial charge in [0.05, 0.1) is 5.60 Å². The van der Waals surface area contributed by atoms with E-state index in [-0.39, 0.29) is 10.8 Å². The van der Waals surface area contributed by atoms with Crippen LogP contribution in [0.3, 0.4) is 0 Å². The number of carboxylic acids is 1. The van der Waals surface area contributed by atoms with Gasteiger partial charge in [-0.2, -0.15) is 0 Å². The van der Waals surface area contributed by atoms with E-state index in [4.69, 9.17) is 5.11 Å². The highest BCUT2D eigenvalue weighted by Gasteiger charge is 2.60. The Morgan fingerprint density at radius 2 is 2.00 bits per heavy atom. The molecule has 3 nitrogen and oxygen atoms in total. The minimum absolute atomic E-state index is 0.168. The van der Waals surface area contributed by atoms with Gasteiger partial charge in [-0.05, 0) is 68.1 Å². The Morgan fingerprint density at radius 1 is 1.26 bits per heavy atom. The third kappa shape index (κ3) is 2.22. The van der Waals surface area contributed by atoms with Crippen molar-refractivity contribution in [2.75, 3.05) is 0 Å². The number of hydrogen-bond donors (Lipinski definition) is 2. The fraction of sp³-hybridized carbons (Fsp3) is 0.812. The molecule has 4 aliphatic carbocycles. The molecule has 4 saturated carbocycles. The second kappa shape index (κ2) is 3.85. The molecule has 0 aromatic carbocycles. The van der Waals surface area contributed by atoms with Gasteiger partial charge >= 0.3 is 5.97 Å². The summed E-state index contributed by atoms with van der Waals surface area (Å²) in [5.41, 5.74) is 0.284. The van der Waals surface area contributed by atoms with Crippen LogP contribution in [0.5, 0.6) is 0 Å². The monoisotopic (exact) mass is 264 g/mol. The van der Waals surface area contributed by atoms with Gasteiger partial charge in [-0.1, -0.05) is 13.5 Å². The topological polar surface area (TPSA) is 57.5 Å². The van der Waals surface area contributed by atoms with Gasteiger partial charge < -0.3 is 10.2 Å². The van der Waals surface area contributed by atoms with Crippen molar-refractivity contribution in [3.05, 3.63) is 12.2 Å². The van der Waals surface area contributed by atoms with E-state index in [1.165, 1.54) is 12.8 Å². The lowest BCUT2D eigenvalue weighted by Gasteiger charge is -2.64. The molecule has 4 bridgehead atoms. The van der Waals surface area contributed by atoms with Crippen molar-refractivity contribution in [2.24, 2.45) is 16.7 Å². The summed E-state index contributed by atoms with van der Waals surface area (Å²) in [6, 6.07) is 0. The number of carboxylic acid groups (broad SMARTS) is 1. The van der Waals surface area contributed by atoms with Gasteiger partial charge in [-0.25, -0.2) is 4.79 Å². The Morgan fingerprint density at radius 3 is 2.58 bits per heavy atom. The summed E-state index contributed by atoms with van der Waals surface area (Å²) in [6.45, 7) is 5.95. The molecule has 3 heteroatoms. The fourth-order valence-corrected chi connectivity index (χ4v) is 5.88. The van der Waals surface area contributed by atoms with Crippen LogP contribution >= 0.6 is 0 Å². The second-order valence-corrected chi connectivity index (χ2v) is 7.95. The summed E-state index contributed by atoms with van der Waals surface area (Å²) < 4.78 is 0. The van der Waals surface area contributed by atoms with Crippen molar-refractivity contribution in [2.45, 2.75) is 63.9 Å². The highest BCUT2D eigenvalue weighted by Crippen LogP contribution is 2.67. The minimum Gasteiger partial charge on any atom is -0.478 e. The first-order valence-electron chi connectivity index (χ1n) is 7.37. The number of hydrogen-bond acceptors (Lipinski definition) is 2. The smallest absolute Gasteiger partial charge is 0.330 e. The average molecular weight is 264 g/mol. The Kier molecular flexibility index (Phi) is 2.66. The predicted octanol–water partition coefficient (Wildman–Crippen LogP) is 3.13. The van der Waals surface area contributed by atoms with Crippen molar-refractivity contribution in [3.63, 3.8) is 0 Å². The number of aliphatic carboxylic acids is 1. The van der Waals surface area contributed by atoms with E-state index < -0.39 is 11.6 Å². The van der Waals surface area contributed by atoms with E-state index in [1.807, 2.05) is 0 Å². The molecule has 4 unspecified atom stereocenters. The molecule has 106 valence electrons. The van der Waals surface area contributed by atoms with E-state index in [1.54, 1.807) is 0 Å². The lowest BCUT2D eigenvalue weighted by atomic mass is 9.42. The lowest BCUT2D eigenvalue weighted by Crippen LogP contribution is -2.59. The third-order valence-corrected chi connectivity index (χ3v) is 5.69. The molecule has 0 aromatic rings. The Labute approximate surface area is 114 Å². The van der Waals surface area contributed by atoms with Crippen molar-refractivity contribution in [3.8, 4) is 0 Å². The molecule has 4 rings (SSSR count). The molecule has 0 heterocycles. The van der Waals surface area contributed by atoms with Crippen LogP contribution in [-0.2, 0) is 4.79 Å². The van der Waals surface area contributed by atoms with Crippen LogP contribution < -0.4 is 0 Å². The molecular weight excluding hydrogens is 240 g/mol. The van der Waals surface area contributed by atoms with Crippen LogP contribution in [-0.4, -0.2) is 21.8 Å². The molecule has 4 fully saturated rings. The van der Waals surface area contributed by atoms with Crippen LogP contribution in [0, 0.1) is 16.7 Å². The van der Waals surface area contributed by atoms with Crippen LogP contribution in [0.2, 0.25) is 0 Å². The Balaban J connectivity index is 1.77. The van der Waals surface area contributed by atoms with Crippen LogP contribution in [0.1, 0.15) is 58.3 Å². The lowest BCUT2D eigenvalue weighted by molar-refractivity contribution is -0.196. The summed E-state index contributed by atoms with van der Waals surface area (Å²) >= 11 is 0. The zero-order valence-corrected chi connectivity index (χ0v) is 11.7. The molecule has 4 atom stereocenters. The number of rotatable bonds is 4. The first-order chi connectivity index (χ1) is 8.73. The van der Waals surface area contributed by atoms with E-state index in [0.717, 1.165) is 32.1 Å². The maximum atomic E-state index is 10.9. The summed E-state index contributed by atoms with van der Waals surface area (Å²) in [4.78, 5) is 10.9. The highest BCUT2D eigenvalue weighted by molar-refractivity contribution is 5.85. The van der Waals surface area contributed by atoms with Crippen molar-refractivity contribution in [1.29, 1.82) is 0 Å². The molecular formula is C16H24O3. The van der Waals surface area contributed by atoms with Gasteiger partial charge in [0, 0.05) is 5.57 Å². The predicted molar refractivity (Wildman–Crippen MR) is 72.7 cm³/mol. The molecule has 4 aliphatic rings. The van der Waals surface area contributed by atoms with Crippen LogP contribution in [0.4, 0.5) is 0 Å². The average Bonchev–Trinajstić information content (AvgIpc) is 2.20. The molecule has 0 amide bonds. The molecule has 19 heavy (non-hydrogen) atoms. The summed E-state index contributed by atoms with van der Waals surface area (Å²) in [5, 5.41) is 19.7. The number of carbonyl (C=O) groups is 1. The fourth-order valence-electron chi connectivity index (χ4n) is 5.88. The molecule has 0 spiro atoms. The van der Waals surface area contributed by atoms with Gasteiger partial charge in [0.15, 0.2) is 0 Å². The first kappa shape index (κ1) is 13.2. The van der Waals surface area contributed by atoms with Gasteiger partial charge in [0.25, 0.3) is 0 Å². The van der Waals surface area contributed by atoms with Crippen molar-refractivity contribution < 1.29 is 15.0 Å². The molecule has 0 saturated heterocycles. The van der Waals surface area contributed by atoms with Gasteiger partial charge in [0.1, 0.15) is 0 Å². The molecule has 0 aliphatic heterocycles. The zero-order chi connectivity index (χ0) is 13.9. The van der Waals surface area contributed by atoms with Crippen molar-refractivity contribution in [1.82, 2.24) is 0 Å². The van der Waals surface area contributed by atoms with Gasteiger partial charge in [-0.15, -0.1) is 0 Å². The first-order valence-corrected chi connectivity index (χ1v) is 7.37. The molecule has 0 radical (unpaired) electrons. The van der Waals surface area contributed by atoms with E-state index in [2.05, 4.69) is 13.5 Å². The van der Waals surface area contributed by atoms with Crippen molar-refractivity contribution >= 4 is 5.97 Å². The van der Waals surface area contributed by atoms with E-state index in [9.17, 15) is 9.90 Å². The van der Waals surface area contributed by atoms with Gasteiger partial charge in [0.2, 0.25) is 0 Å². The Hall–Kier alpha value is -0.830. The Bertz CT molecular complexity index is 421. The zero-order valence-electron chi connectivity index (χ0n) is 11.7. The summed E-state index contributed by atoms with van der Waals surface area (Å²) in [7, 11) is 0.